The number of rotatable bonds is 8. The van der Waals surface area contributed by atoms with E-state index in [9.17, 15) is 13.5 Å². The summed E-state index contributed by atoms with van der Waals surface area (Å²) in [6, 6.07) is 7.53. The van der Waals surface area contributed by atoms with Gasteiger partial charge in [-0.15, -0.1) is 0 Å². The van der Waals surface area contributed by atoms with Crippen molar-refractivity contribution in [1.82, 2.24) is 19.7 Å². The van der Waals surface area contributed by atoms with Gasteiger partial charge in [-0.05, 0) is 38.8 Å². The second-order valence-corrected chi connectivity index (χ2v) is 9.73. The summed E-state index contributed by atoms with van der Waals surface area (Å²) in [6.07, 6.45) is 3.02. The van der Waals surface area contributed by atoms with Crippen molar-refractivity contribution >= 4 is 16.0 Å². The Balaban J connectivity index is 2.00. The van der Waals surface area contributed by atoms with Gasteiger partial charge in [-0.1, -0.05) is 18.2 Å². The van der Waals surface area contributed by atoms with Crippen LogP contribution in [0.5, 0.6) is 5.88 Å². The normalized spacial score (nSPS) is 12.1. The Kier molecular flexibility index (Phi) is 6.33. The molecule has 166 valence electrons. The minimum Gasteiger partial charge on any atom is -0.477 e. The van der Waals surface area contributed by atoms with Crippen molar-refractivity contribution in [2.24, 2.45) is 7.05 Å². The van der Waals surface area contributed by atoms with Gasteiger partial charge in [0.2, 0.25) is 11.8 Å². The zero-order valence-corrected chi connectivity index (χ0v) is 19.1. The monoisotopic (exact) mass is 445 g/mol. The highest BCUT2D eigenvalue weighted by Gasteiger charge is 2.20. The molecule has 0 bridgehead atoms. The van der Waals surface area contributed by atoms with Crippen molar-refractivity contribution in [2.75, 3.05) is 11.3 Å². The molecule has 0 spiro atoms. The molecular formula is C21H27N5O4S. The smallest absolute Gasteiger partial charge is 0.267 e. The fraction of sp³-hybridized carbons (Fsp3) is 0.381. The first-order valence-corrected chi connectivity index (χ1v) is 11.3. The molecule has 9 nitrogen and oxygen atoms in total. The Morgan fingerprint density at radius 2 is 1.87 bits per heavy atom. The molecule has 0 atom stereocenters. The van der Waals surface area contributed by atoms with Gasteiger partial charge >= 0.3 is 0 Å². The number of benzene rings is 1. The van der Waals surface area contributed by atoms with Gasteiger partial charge in [-0.2, -0.15) is 10.1 Å². The second-order valence-electron chi connectivity index (χ2n) is 8.05. The van der Waals surface area contributed by atoms with Crippen LogP contribution in [0.1, 0.15) is 31.4 Å². The zero-order chi connectivity index (χ0) is 22.8. The summed E-state index contributed by atoms with van der Waals surface area (Å²) < 4.78 is 35.0. The number of aryl methyl sites for hydroxylation is 3. The van der Waals surface area contributed by atoms with Crippen molar-refractivity contribution in [1.29, 1.82) is 0 Å². The Morgan fingerprint density at radius 3 is 2.45 bits per heavy atom. The van der Waals surface area contributed by atoms with E-state index in [0.717, 1.165) is 16.7 Å². The Hall–Kier alpha value is -2.98. The van der Waals surface area contributed by atoms with E-state index in [0.29, 0.717) is 12.1 Å². The first-order valence-electron chi connectivity index (χ1n) is 9.77. The van der Waals surface area contributed by atoms with E-state index < -0.39 is 15.6 Å². The molecule has 3 aromatic rings. The van der Waals surface area contributed by atoms with E-state index >= 15 is 0 Å². The maximum absolute atomic E-state index is 12.7. The molecule has 2 N–H and O–H groups in total. The molecule has 0 aliphatic carbocycles. The van der Waals surface area contributed by atoms with E-state index in [-0.39, 0.29) is 23.3 Å². The molecule has 0 amide bonds. The molecule has 3 rings (SSSR count). The molecule has 0 saturated heterocycles. The summed E-state index contributed by atoms with van der Waals surface area (Å²) in [4.78, 5) is 8.67. The fourth-order valence-electron chi connectivity index (χ4n) is 3.01. The van der Waals surface area contributed by atoms with Gasteiger partial charge in [-0.3, -0.25) is 4.68 Å². The summed E-state index contributed by atoms with van der Waals surface area (Å²) in [7, 11) is -2.30. The predicted octanol–water partition coefficient (Wildman–Crippen LogP) is 2.83. The van der Waals surface area contributed by atoms with Gasteiger partial charge in [0.1, 0.15) is 4.90 Å². The van der Waals surface area contributed by atoms with Crippen LogP contribution in [0.3, 0.4) is 0 Å². The highest BCUT2D eigenvalue weighted by atomic mass is 32.2. The molecule has 0 saturated carbocycles. The van der Waals surface area contributed by atoms with E-state index in [1.165, 1.54) is 17.1 Å². The number of sulfonamides is 1. The number of hydrogen-bond acceptors (Lipinski definition) is 7. The van der Waals surface area contributed by atoms with Crippen LogP contribution in [-0.2, 0) is 17.1 Å². The molecule has 1 aromatic carbocycles. The predicted molar refractivity (Wildman–Crippen MR) is 117 cm³/mol. The summed E-state index contributed by atoms with van der Waals surface area (Å²) >= 11 is 0. The summed E-state index contributed by atoms with van der Waals surface area (Å²) in [6.45, 7) is 7.50. The third kappa shape index (κ3) is 5.80. The molecular weight excluding hydrogens is 418 g/mol. The average Bonchev–Trinajstić information content (AvgIpc) is 3.07. The summed E-state index contributed by atoms with van der Waals surface area (Å²) in [5.74, 6) is 0.100. The van der Waals surface area contributed by atoms with Crippen LogP contribution in [0.25, 0.3) is 11.3 Å². The molecule has 0 aliphatic heterocycles. The third-order valence-corrected chi connectivity index (χ3v) is 5.90. The maximum atomic E-state index is 12.7. The van der Waals surface area contributed by atoms with Crippen LogP contribution in [0.15, 0.2) is 41.6 Å². The van der Waals surface area contributed by atoms with Crippen molar-refractivity contribution in [3.63, 3.8) is 0 Å². The molecule has 31 heavy (non-hydrogen) atoms. The highest BCUT2D eigenvalue weighted by Crippen LogP contribution is 2.29. The van der Waals surface area contributed by atoms with Gasteiger partial charge in [0.25, 0.3) is 10.0 Å². The number of hydrogen-bond donors (Lipinski definition) is 2. The minimum atomic E-state index is -3.93. The first kappa shape index (κ1) is 22.7. The van der Waals surface area contributed by atoms with E-state index in [1.54, 1.807) is 27.0 Å². The number of nitrogens with one attached hydrogen (secondary N) is 1. The summed E-state index contributed by atoms with van der Waals surface area (Å²) in [5, 5.41) is 13.8. The first-order chi connectivity index (χ1) is 14.4. The molecule has 0 radical (unpaired) electrons. The topological polar surface area (TPSA) is 119 Å². The lowest BCUT2D eigenvalue weighted by Gasteiger charge is -2.17. The third-order valence-electron chi connectivity index (χ3n) is 4.62. The fourth-order valence-corrected chi connectivity index (χ4v) is 3.94. The lowest BCUT2D eigenvalue weighted by atomic mass is 10.00. The second kappa shape index (κ2) is 8.64. The van der Waals surface area contributed by atoms with Crippen molar-refractivity contribution in [3.8, 4) is 17.1 Å². The van der Waals surface area contributed by atoms with E-state index in [4.69, 9.17) is 4.74 Å². The number of ether oxygens (including phenoxy) is 1. The van der Waals surface area contributed by atoms with Crippen LogP contribution in [0.2, 0.25) is 0 Å². The Morgan fingerprint density at radius 1 is 1.19 bits per heavy atom. The largest absolute Gasteiger partial charge is 0.477 e. The zero-order valence-electron chi connectivity index (χ0n) is 18.2. The quantitative estimate of drug-likeness (QED) is 0.547. The Bertz CT molecular complexity index is 1160. The van der Waals surface area contributed by atoms with E-state index in [1.807, 2.05) is 32.0 Å². The van der Waals surface area contributed by atoms with Crippen LogP contribution in [0, 0.1) is 13.8 Å². The Labute approximate surface area is 182 Å². The number of anilines is 1. The van der Waals surface area contributed by atoms with Crippen molar-refractivity contribution in [2.45, 2.75) is 44.6 Å². The minimum absolute atomic E-state index is 0.000531. The maximum Gasteiger partial charge on any atom is 0.267 e. The van der Waals surface area contributed by atoms with Gasteiger partial charge < -0.3 is 9.84 Å². The number of nitrogens with zero attached hydrogens (tertiary/aromatic N) is 4. The van der Waals surface area contributed by atoms with Crippen molar-refractivity contribution in [3.05, 3.63) is 47.8 Å². The average molecular weight is 446 g/mol. The van der Waals surface area contributed by atoms with E-state index in [2.05, 4.69) is 19.8 Å². The van der Waals surface area contributed by atoms with Gasteiger partial charge in [0, 0.05) is 31.3 Å². The molecule has 0 unspecified atom stereocenters. The number of aliphatic hydroxyl groups is 1. The van der Waals surface area contributed by atoms with Crippen molar-refractivity contribution < 1.29 is 18.3 Å². The van der Waals surface area contributed by atoms with Crippen LogP contribution >= 0.6 is 0 Å². The van der Waals surface area contributed by atoms with Crippen LogP contribution < -0.4 is 9.46 Å². The molecule has 2 heterocycles. The lowest BCUT2D eigenvalue weighted by molar-refractivity contribution is 0.0547. The molecule has 0 fully saturated rings. The summed E-state index contributed by atoms with van der Waals surface area (Å²) in [5.41, 5.74) is 2.49. The molecule has 0 aliphatic rings. The lowest BCUT2D eigenvalue weighted by Crippen LogP contribution is -2.22. The van der Waals surface area contributed by atoms with Crippen LogP contribution in [-0.4, -0.2) is 45.5 Å². The number of aromatic nitrogens is 4. The molecule has 10 heteroatoms. The van der Waals surface area contributed by atoms with Gasteiger partial charge in [-0.25, -0.2) is 18.1 Å². The van der Waals surface area contributed by atoms with Crippen LogP contribution in [0.4, 0.5) is 5.95 Å². The van der Waals surface area contributed by atoms with Gasteiger partial charge in [0.15, 0.2) is 0 Å². The standard InChI is InChI=1S/C21H27N5O4S/c1-14-7-6-8-15(2)19(14)17-11-18(30-10-9-21(3,4)27)24-20(23-17)25-31(28,29)16-12-22-26(5)13-16/h6-8,11-13,27H,9-10H2,1-5H3,(H,23,24,25). The highest BCUT2D eigenvalue weighted by molar-refractivity contribution is 7.92. The SMILES string of the molecule is Cc1cccc(C)c1-c1cc(OCCC(C)(C)O)nc(NS(=O)(=O)c2cnn(C)c2)n1. The molecule has 2 aromatic heterocycles. The van der Waals surface area contributed by atoms with Gasteiger partial charge in [0.05, 0.1) is 24.1 Å².